The monoisotopic (exact) mass is 300 g/mol. The van der Waals surface area contributed by atoms with Crippen molar-refractivity contribution in [3.05, 3.63) is 29.8 Å². The second-order valence-electron chi connectivity index (χ2n) is 5.38. The van der Waals surface area contributed by atoms with Gasteiger partial charge >= 0.3 is 6.61 Å². The lowest BCUT2D eigenvalue weighted by atomic mass is 10.0. The predicted molar refractivity (Wildman–Crippen MR) is 80.6 cm³/mol. The third kappa shape index (κ3) is 8.00. The van der Waals surface area contributed by atoms with Crippen molar-refractivity contribution in [1.29, 1.82) is 0 Å². The number of halogens is 2. The van der Waals surface area contributed by atoms with E-state index >= 15 is 0 Å². The van der Waals surface area contributed by atoms with Gasteiger partial charge in [0.25, 0.3) is 0 Å². The zero-order chi connectivity index (χ0) is 15.5. The minimum absolute atomic E-state index is 0.0983. The molecule has 120 valence electrons. The minimum Gasteiger partial charge on any atom is -0.435 e. The molecular weight excluding hydrogens is 274 g/mol. The molecule has 1 atom stereocenters. The summed E-state index contributed by atoms with van der Waals surface area (Å²) >= 11 is 0. The summed E-state index contributed by atoms with van der Waals surface area (Å²) in [6.45, 7) is -0.636. The molecule has 0 radical (unpaired) electrons. The van der Waals surface area contributed by atoms with Crippen LogP contribution < -0.4 is 4.74 Å². The normalized spacial score (nSPS) is 12.6. The fraction of sp³-hybridized carbons (Fsp3) is 0.647. The molecule has 1 aromatic carbocycles. The maximum Gasteiger partial charge on any atom is 0.387 e. The van der Waals surface area contributed by atoms with Crippen LogP contribution in [-0.4, -0.2) is 11.7 Å². The van der Waals surface area contributed by atoms with Crippen LogP contribution in [0.15, 0.2) is 24.3 Å². The number of alkyl halides is 2. The van der Waals surface area contributed by atoms with Gasteiger partial charge in [-0.1, -0.05) is 64.0 Å². The van der Waals surface area contributed by atoms with Crippen LogP contribution >= 0.6 is 0 Å². The van der Waals surface area contributed by atoms with E-state index in [-0.39, 0.29) is 5.75 Å². The molecule has 1 aromatic rings. The Morgan fingerprint density at radius 1 is 1.05 bits per heavy atom. The van der Waals surface area contributed by atoms with Crippen LogP contribution in [0.3, 0.4) is 0 Å². The van der Waals surface area contributed by atoms with Crippen molar-refractivity contribution in [2.45, 2.75) is 71.0 Å². The molecule has 0 bridgehead atoms. The van der Waals surface area contributed by atoms with Crippen LogP contribution in [0, 0.1) is 0 Å². The van der Waals surface area contributed by atoms with E-state index in [9.17, 15) is 13.9 Å². The molecule has 0 saturated carbocycles. The lowest BCUT2D eigenvalue weighted by Crippen LogP contribution is -2.03. The van der Waals surface area contributed by atoms with Crippen LogP contribution in [0.4, 0.5) is 8.78 Å². The summed E-state index contributed by atoms with van der Waals surface area (Å²) in [5, 5.41) is 10.1. The number of aliphatic hydroxyl groups excluding tert-OH is 1. The van der Waals surface area contributed by atoms with Crippen molar-refractivity contribution < 1.29 is 18.6 Å². The molecule has 21 heavy (non-hydrogen) atoms. The second-order valence-corrected chi connectivity index (χ2v) is 5.38. The van der Waals surface area contributed by atoms with Crippen molar-refractivity contribution in [2.75, 3.05) is 0 Å². The molecule has 0 amide bonds. The van der Waals surface area contributed by atoms with Gasteiger partial charge in [-0.25, -0.2) is 0 Å². The Hall–Kier alpha value is -1.16. The predicted octanol–water partition coefficient (Wildman–Crippen LogP) is 5.46. The first-order chi connectivity index (χ1) is 10.1. The topological polar surface area (TPSA) is 29.5 Å². The van der Waals surface area contributed by atoms with Crippen LogP contribution in [0.25, 0.3) is 0 Å². The summed E-state index contributed by atoms with van der Waals surface area (Å²) < 4.78 is 28.6. The molecule has 0 aromatic heterocycles. The van der Waals surface area contributed by atoms with Gasteiger partial charge in [-0.3, -0.25) is 0 Å². The largest absolute Gasteiger partial charge is 0.435 e. The van der Waals surface area contributed by atoms with E-state index < -0.39 is 12.7 Å². The molecule has 4 heteroatoms. The highest BCUT2D eigenvalue weighted by Gasteiger charge is 2.10. The number of aliphatic hydroxyl groups is 1. The van der Waals surface area contributed by atoms with Crippen molar-refractivity contribution in [3.63, 3.8) is 0 Å². The number of rotatable bonds is 11. The third-order valence-corrected chi connectivity index (χ3v) is 3.55. The number of benzene rings is 1. The van der Waals surface area contributed by atoms with E-state index in [0.29, 0.717) is 12.0 Å². The van der Waals surface area contributed by atoms with Gasteiger partial charge in [-0.05, 0) is 24.1 Å². The lowest BCUT2D eigenvalue weighted by Gasteiger charge is -2.12. The molecule has 0 aliphatic heterocycles. The smallest absolute Gasteiger partial charge is 0.387 e. The molecule has 0 spiro atoms. The minimum atomic E-state index is -2.83. The van der Waals surface area contributed by atoms with Crippen LogP contribution in [0.2, 0.25) is 0 Å². The Bertz CT molecular complexity index is 383. The maximum atomic E-state index is 12.1. The van der Waals surface area contributed by atoms with Crippen molar-refractivity contribution in [3.8, 4) is 5.75 Å². The zero-order valence-corrected chi connectivity index (χ0v) is 12.7. The Balaban J connectivity index is 2.26. The van der Waals surface area contributed by atoms with Crippen LogP contribution in [0.5, 0.6) is 5.75 Å². The molecule has 0 saturated heterocycles. The molecule has 1 rings (SSSR count). The first-order valence-electron chi connectivity index (χ1n) is 7.86. The Morgan fingerprint density at radius 3 is 2.38 bits per heavy atom. The molecule has 0 aliphatic carbocycles. The Kier molecular flexibility index (Phi) is 8.99. The molecule has 1 N–H and O–H groups in total. The van der Waals surface area contributed by atoms with E-state index in [2.05, 4.69) is 11.7 Å². The molecule has 2 nitrogen and oxygen atoms in total. The van der Waals surface area contributed by atoms with Gasteiger partial charge in [0.1, 0.15) is 5.75 Å². The summed E-state index contributed by atoms with van der Waals surface area (Å²) in [4.78, 5) is 0. The Morgan fingerprint density at radius 2 is 1.71 bits per heavy atom. The first kappa shape index (κ1) is 17.9. The number of hydrogen-bond donors (Lipinski definition) is 1. The quantitative estimate of drug-likeness (QED) is 0.550. The second kappa shape index (κ2) is 10.6. The molecule has 1 unspecified atom stereocenters. The third-order valence-electron chi connectivity index (χ3n) is 3.55. The highest BCUT2D eigenvalue weighted by Crippen LogP contribution is 2.24. The zero-order valence-electron chi connectivity index (χ0n) is 12.7. The van der Waals surface area contributed by atoms with Crippen molar-refractivity contribution in [2.24, 2.45) is 0 Å². The average molecular weight is 300 g/mol. The van der Waals surface area contributed by atoms with E-state index in [1.807, 2.05) is 0 Å². The maximum absolute atomic E-state index is 12.1. The first-order valence-corrected chi connectivity index (χ1v) is 7.86. The number of hydrogen-bond acceptors (Lipinski definition) is 2. The standard InChI is InChI=1S/C17H26F2O2/c1-2-3-4-5-6-7-8-12-16(20)14-10-9-11-15(13-14)21-17(18)19/h9-11,13,16-17,20H,2-8,12H2,1H3. The fourth-order valence-corrected chi connectivity index (χ4v) is 2.36. The van der Waals surface area contributed by atoms with Crippen LogP contribution in [-0.2, 0) is 0 Å². The fourth-order valence-electron chi connectivity index (χ4n) is 2.36. The summed E-state index contributed by atoms with van der Waals surface area (Å²) in [7, 11) is 0. The van der Waals surface area contributed by atoms with Crippen molar-refractivity contribution in [1.82, 2.24) is 0 Å². The summed E-state index contributed by atoms with van der Waals surface area (Å²) in [6, 6.07) is 6.32. The summed E-state index contributed by atoms with van der Waals surface area (Å²) in [5.74, 6) is 0.0983. The van der Waals surface area contributed by atoms with Gasteiger partial charge in [0.05, 0.1) is 6.10 Å². The number of ether oxygens (including phenoxy) is 1. The summed E-state index contributed by atoms with van der Waals surface area (Å²) in [5.41, 5.74) is 0.638. The van der Waals surface area contributed by atoms with Gasteiger partial charge in [0, 0.05) is 0 Å². The van der Waals surface area contributed by atoms with Gasteiger partial charge in [0.2, 0.25) is 0 Å². The van der Waals surface area contributed by atoms with Gasteiger partial charge < -0.3 is 9.84 Å². The van der Waals surface area contributed by atoms with Gasteiger partial charge in [-0.15, -0.1) is 0 Å². The van der Waals surface area contributed by atoms with E-state index in [1.54, 1.807) is 12.1 Å². The highest BCUT2D eigenvalue weighted by atomic mass is 19.3. The lowest BCUT2D eigenvalue weighted by molar-refractivity contribution is -0.0499. The number of unbranched alkanes of at least 4 members (excludes halogenated alkanes) is 6. The van der Waals surface area contributed by atoms with E-state index in [0.717, 1.165) is 12.8 Å². The Labute approximate surface area is 126 Å². The van der Waals surface area contributed by atoms with E-state index in [4.69, 9.17) is 0 Å². The SMILES string of the molecule is CCCCCCCCCC(O)c1cccc(OC(F)F)c1. The molecule has 0 aliphatic rings. The van der Waals surface area contributed by atoms with Crippen molar-refractivity contribution >= 4 is 0 Å². The van der Waals surface area contributed by atoms with Gasteiger partial charge in [-0.2, -0.15) is 8.78 Å². The van der Waals surface area contributed by atoms with E-state index in [1.165, 1.54) is 44.2 Å². The molecular formula is C17H26F2O2. The van der Waals surface area contributed by atoms with Gasteiger partial charge in [0.15, 0.2) is 0 Å². The summed E-state index contributed by atoms with van der Waals surface area (Å²) in [6.07, 6.45) is 8.37. The average Bonchev–Trinajstić information content (AvgIpc) is 2.45. The molecule has 0 heterocycles. The van der Waals surface area contributed by atoms with Crippen LogP contribution in [0.1, 0.15) is 70.0 Å². The molecule has 0 fully saturated rings. The highest BCUT2D eigenvalue weighted by molar-refractivity contribution is 5.29.